The van der Waals surface area contributed by atoms with Gasteiger partial charge in [-0.2, -0.15) is 0 Å². The summed E-state index contributed by atoms with van der Waals surface area (Å²) in [7, 11) is 0. The van der Waals surface area contributed by atoms with E-state index in [4.69, 9.17) is 14.9 Å². The summed E-state index contributed by atoms with van der Waals surface area (Å²) in [6.45, 7) is 8.99. The van der Waals surface area contributed by atoms with Crippen LogP contribution in [-0.4, -0.2) is 45.1 Å². The number of hydrogen-bond acceptors (Lipinski definition) is 4. The van der Waals surface area contributed by atoms with Gasteiger partial charge >= 0.3 is 11.9 Å². The van der Waals surface area contributed by atoms with E-state index in [1.54, 1.807) is 27.7 Å². The Morgan fingerprint density at radius 1 is 1.32 bits per heavy atom. The molecule has 0 radical (unpaired) electrons. The number of allylic oxidation sites excluding steroid dienone is 2. The number of rotatable bonds is 4. The van der Waals surface area contributed by atoms with Crippen LogP contribution in [0.1, 0.15) is 41.0 Å². The highest BCUT2D eigenvalue weighted by Crippen LogP contribution is 2.36. The Kier molecular flexibility index (Phi) is 7.49. The minimum absolute atomic E-state index is 0.0316. The van der Waals surface area contributed by atoms with E-state index < -0.39 is 29.1 Å². The standard InChI is InChI=1S/C13H18O5.C3H8O/c1-8-9(10(14)15)6-5-7-13(8,11(16)17)18-12(2,3)4;1-2-3-4/h5-8H,1-4H3,(H,14,15)(H,16,17);4H,2-3H2,1H3/t8-,13?;/m1./s1. The molecule has 0 bridgehead atoms. The summed E-state index contributed by atoms with van der Waals surface area (Å²) in [5.74, 6) is -3.08. The maximum Gasteiger partial charge on any atom is 0.340 e. The van der Waals surface area contributed by atoms with Crippen LogP contribution in [0.25, 0.3) is 0 Å². The van der Waals surface area contributed by atoms with Gasteiger partial charge in [-0.1, -0.05) is 26.0 Å². The molecule has 0 saturated heterocycles. The Morgan fingerprint density at radius 2 is 1.82 bits per heavy atom. The summed E-state index contributed by atoms with van der Waals surface area (Å²) >= 11 is 0. The van der Waals surface area contributed by atoms with Crippen LogP contribution in [0, 0.1) is 5.92 Å². The Labute approximate surface area is 131 Å². The van der Waals surface area contributed by atoms with Gasteiger partial charge in [0.15, 0.2) is 5.60 Å². The van der Waals surface area contributed by atoms with Crippen molar-refractivity contribution in [3.8, 4) is 0 Å². The van der Waals surface area contributed by atoms with Crippen molar-refractivity contribution in [3.05, 3.63) is 23.8 Å². The molecular weight excluding hydrogens is 288 g/mol. The Bertz CT molecular complexity index is 456. The van der Waals surface area contributed by atoms with E-state index in [1.807, 2.05) is 6.92 Å². The van der Waals surface area contributed by atoms with E-state index in [-0.39, 0.29) is 5.57 Å². The largest absolute Gasteiger partial charge is 0.479 e. The molecule has 1 aliphatic rings. The second-order valence-electron chi connectivity index (χ2n) is 6.04. The number of aliphatic carboxylic acids is 2. The zero-order valence-electron chi connectivity index (χ0n) is 13.8. The average Bonchev–Trinajstić information content (AvgIpc) is 2.39. The van der Waals surface area contributed by atoms with Gasteiger partial charge in [0.2, 0.25) is 0 Å². The first-order valence-corrected chi connectivity index (χ1v) is 7.19. The summed E-state index contributed by atoms with van der Waals surface area (Å²) < 4.78 is 5.63. The van der Waals surface area contributed by atoms with E-state index in [1.165, 1.54) is 18.2 Å². The molecule has 22 heavy (non-hydrogen) atoms. The van der Waals surface area contributed by atoms with Gasteiger partial charge in [-0.15, -0.1) is 0 Å². The first-order chi connectivity index (χ1) is 10.0. The van der Waals surface area contributed by atoms with Crippen molar-refractivity contribution in [3.63, 3.8) is 0 Å². The van der Waals surface area contributed by atoms with Crippen molar-refractivity contribution in [2.24, 2.45) is 5.92 Å². The lowest BCUT2D eigenvalue weighted by molar-refractivity contribution is -0.181. The lowest BCUT2D eigenvalue weighted by Gasteiger charge is -2.39. The fourth-order valence-corrected chi connectivity index (χ4v) is 2.00. The molecule has 0 aliphatic heterocycles. The van der Waals surface area contributed by atoms with Crippen LogP contribution in [-0.2, 0) is 14.3 Å². The molecule has 6 nitrogen and oxygen atoms in total. The molecule has 1 rings (SSSR count). The third kappa shape index (κ3) is 5.27. The number of aliphatic hydroxyl groups is 1. The first kappa shape index (κ1) is 20.3. The smallest absolute Gasteiger partial charge is 0.340 e. The number of carboxylic acids is 2. The van der Waals surface area contributed by atoms with E-state index in [0.29, 0.717) is 6.61 Å². The molecule has 6 heteroatoms. The van der Waals surface area contributed by atoms with Crippen LogP contribution in [0.15, 0.2) is 23.8 Å². The van der Waals surface area contributed by atoms with Gasteiger partial charge in [-0.25, -0.2) is 9.59 Å². The third-order valence-corrected chi connectivity index (χ3v) is 3.01. The van der Waals surface area contributed by atoms with Gasteiger partial charge in [0, 0.05) is 18.1 Å². The molecule has 0 aromatic heterocycles. The molecule has 2 atom stereocenters. The molecule has 0 aromatic rings. The molecule has 0 amide bonds. The lowest BCUT2D eigenvalue weighted by Crippen LogP contribution is -2.52. The Morgan fingerprint density at radius 3 is 2.14 bits per heavy atom. The normalized spacial score (nSPS) is 24.1. The van der Waals surface area contributed by atoms with Gasteiger partial charge in [-0.3, -0.25) is 0 Å². The van der Waals surface area contributed by atoms with Crippen molar-refractivity contribution in [1.82, 2.24) is 0 Å². The van der Waals surface area contributed by atoms with Crippen LogP contribution in [0.4, 0.5) is 0 Å². The number of carboxylic acid groups (broad SMARTS) is 2. The number of carbonyl (C=O) groups is 2. The summed E-state index contributed by atoms with van der Waals surface area (Å²) in [5.41, 5.74) is -2.30. The Hall–Kier alpha value is -1.66. The van der Waals surface area contributed by atoms with Crippen molar-refractivity contribution in [2.45, 2.75) is 52.2 Å². The van der Waals surface area contributed by atoms with E-state index in [0.717, 1.165) is 6.42 Å². The van der Waals surface area contributed by atoms with Gasteiger partial charge < -0.3 is 20.1 Å². The van der Waals surface area contributed by atoms with E-state index in [2.05, 4.69) is 0 Å². The topological polar surface area (TPSA) is 104 Å². The van der Waals surface area contributed by atoms with Crippen LogP contribution < -0.4 is 0 Å². The molecule has 3 N–H and O–H groups in total. The number of aliphatic hydroxyl groups excluding tert-OH is 1. The zero-order valence-corrected chi connectivity index (χ0v) is 13.8. The maximum atomic E-state index is 11.5. The van der Waals surface area contributed by atoms with Crippen LogP contribution in [0.5, 0.6) is 0 Å². The highest BCUT2D eigenvalue weighted by atomic mass is 16.5. The molecule has 0 fully saturated rings. The predicted octanol–water partition coefficient (Wildman–Crippen LogP) is 2.23. The maximum absolute atomic E-state index is 11.5. The van der Waals surface area contributed by atoms with E-state index in [9.17, 15) is 14.7 Å². The minimum Gasteiger partial charge on any atom is -0.479 e. The summed E-state index contributed by atoms with van der Waals surface area (Å²) in [6.07, 6.45) is 5.10. The molecule has 0 aromatic carbocycles. The quantitative estimate of drug-likeness (QED) is 0.735. The lowest BCUT2D eigenvalue weighted by atomic mass is 9.79. The molecule has 0 spiro atoms. The van der Waals surface area contributed by atoms with Crippen molar-refractivity contribution in [2.75, 3.05) is 6.61 Å². The molecule has 126 valence electrons. The second kappa shape index (κ2) is 8.10. The molecular formula is C16H26O6. The van der Waals surface area contributed by atoms with Gasteiger partial charge in [-0.05, 0) is 33.3 Å². The molecule has 1 unspecified atom stereocenters. The van der Waals surface area contributed by atoms with Gasteiger partial charge in [0.05, 0.1) is 5.60 Å². The summed E-state index contributed by atoms with van der Waals surface area (Å²) in [5, 5.41) is 26.4. The van der Waals surface area contributed by atoms with Crippen molar-refractivity contribution in [1.29, 1.82) is 0 Å². The summed E-state index contributed by atoms with van der Waals surface area (Å²) in [6, 6.07) is 0. The fraction of sp³-hybridized carbons (Fsp3) is 0.625. The molecule has 1 aliphatic carbocycles. The van der Waals surface area contributed by atoms with Gasteiger partial charge in [0.1, 0.15) is 0 Å². The number of ether oxygens (including phenoxy) is 1. The van der Waals surface area contributed by atoms with Crippen LogP contribution in [0.3, 0.4) is 0 Å². The van der Waals surface area contributed by atoms with Crippen molar-refractivity contribution >= 4 is 11.9 Å². The van der Waals surface area contributed by atoms with Crippen LogP contribution >= 0.6 is 0 Å². The van der Waals surface area contributed by atoms with E-state index >= 15 is 0 Å². The fourth-order valence-electron chi connectivity index (χ4n) is 2.00. The predicted molar refractivity (Wildman–Crippen MR) is 82.6 cm³/mol. The third-order valence-electron chi connectivity index (χ3n) is 3.01. The summed E-state index contributed by atoms with van der Waals surface area (Å²) in [4.78, 5) is 22.6. The Balaban J connectivity index is 0.000000980. The number of hydrogen-bond donors (Lipinski definition) is 3. The first-order valence-electron chi connectivity index (χ1n) is 7.19. The van der Waals surface area contributed by atoms with Gasteiger partial charge in [0.25, 0.3) is 0 Å². The zero-order chi connectivity index (χ0) is 17.6. The second-order valence-corrected chi connectivity index (χ2v) is 6.04. The average molecular weight is 314 g/mol. The monoisotopic (exact) mass is 314 g/mol. The highest BCUT2D eigenvalue weighted by molar-refractivity contribution is 5.92. The molecule has 0 heterocycles. The SMILES string of the molecule is CCCO.C[C@@H]1C(C(=O)O)=CC=CC1(OC(C)(C)C)C(=O)O. The van der Waals surface area contributed by atoms with Crippen LogP contribution in [0.2, 0.25) is 0 Å². The van der Waals surface area contributed by atoms with Crippen molar-refractivity contribution < 1.29 is 29.6 Å². The molecule has 0 saturated carbocycles. The highest BCUT2D eigenvalue weighted by Gasteiger charge is 2.49. The minimum atomic E-state index is -1.64.